The van der Waals surface area contributed by atoms with Crippen LogP contribution in [0.25, 0.3) is 0 Å². The van der Waals surface area contributed by atoms with Crippen molar-refractivity contribution in [2.45, 2.75) is 18.9 Å². The van der Waals surface area contributed by atoms with Crippen LogP contribution in [-0.2, 0) is 11.2 Å². The molecule has 2 aromatic rings. The number of hydrogen-bond donors (Lipinski definition) is 2. The number of carboxylic acid groups (broad SMARTS) is 1. The van der Waals surface area contributed by atoms with Crippen LogP contribution in [0.5, 0.6) is 0 Å². The average Bonchev–Trinajstić information content (AvgIpc) is 3.02. The fourth-order valence-electron chi connectivity index (χ4n) is 3.15. The van der Waals surface area contributed by atoms with Crippen LogP contribution in [0.3, 0.4) is 0 Å². The molecule has 5 nitrogen and oxygen atoms in total. The number of anilines is 1. The maximum atomic E-state index is 13.9. The summed E-state index contributed by atoms with van der Waals surface area (Å²) >= 11 is 0. The second-order valence-electron chi connectivity index (χ2n) is 6.25. The normalized spacial score (nSPS) is 16.5. The maximum absolute atomic E-state index is 13.9. The highest BCUT2D eigenvalue weighted by atomic mass is 19.1. The largest absolute Gasteiger partial charge is 0.478 e. The lowest BCUT2D eigenvalue weighted by Crippen LogP contribution is -2.38. The van der Waals surface area contributed by atoms with E-state index in [9.17, 15) is 18.4 Å². The minimum Gasteiger partial charge on any atom is -0.478 e. The first kappa shape index (κ1) is 17.8. The Morgan fingerprint density at radius 1 is 1.15 bits per heavy atom. The fraction of sp³-hybridized carbons (Fsp3) is 0.263. The van der Waals surface area contributed by atoms with Gasteiger partial charge in [-0.25, -0.2) is 13.6 Å². The van der Waals surface area contributed by atoms with Gasteiger partial charge in [0.2, 0.25) is 5.91 Å². The van der Waals surface area contributed by atoms with Crippen LogP contribution in [0.15, 0.2) is 42.5 Å². The van der Waals surface area contributed by atoms with Crippen LogP contribution < -0.4 is 10.2 Å². The quantitative estimate of drug-likeness (QED) is 0.860. The molecule has 0 aliphatic carbocycles. The number of hydrogen-bond acceptors (Lipinski definition) is 3. The van der Waals surface area contributed by atoms with Crippen molar-refractivity contribution in [1.82, 2.24) is 5.32 Å². The Kier molecular flexibility index (Phi) is 5.16. The second-order valence-corrected chi connectivity index (χ2v) is 6.25. The number of benzene rings is 2. The molecule has 1 atom stereocenters. The number of nitrogens with one attached hydrogen (secondary N) is 1. The Bertz CT molecular complexity index is 821. The van der Waals surface area contributed by atoms with Crippen LogP contribution in [0.2, 0.25) is 0 Å². The number of para-hydroxylation sites is 1. The van der Waals surface area contributed by atoms with Gasteiger partial charge in [-0.3, -0.25) is 4.79 Å². The third-order valence-electron chi connectivity index (χ3n) is 4.35. The number of nitrogens with zero attached hydrogens (tertiary/aromatic N) is 1. The molecule has 1 amide bonds. The number of rotatable bonds is 5. The summed E-state index contributed by atoms with van der Waals surface area (Å²) in [7, 11) is 0. The Hall–Kier alpha value is -2.96. The maximum Gasteiger partial charge on any atom is 0.335 e. The van der Waals surface area contributed by atoms with Crippen molar-refractivity contribution in [1.29, 1.82) is 0 Å². The van der Waals surface area contributed by atoms with E-state index >= 15 is 0 Å². The van der Waals surface area contributed by atoms with E-state index in [0.717, 1.165) is 0 Å². The first-order valence-electron chi connectivity index (χ1n) is 8.24. The lowest BCUT2D eigenvalue weighted by molar-refractivity contribution is -0.121. The number of carbonyl (C=O) groups is 2. The Balaban J connectivity index is 1.59. The van der Waals surface area contributed by atoms with Gasteiger partial charge in [-0.05, 0) is 36.2 Å². The van der Waals surface area contributed by atoms with E-state index in [1.54, 1.807) is 17.0 Å². The molecule has 0 spiro atoms. The third-order valence-corrected chi connectivity index (χ3v) is 4.35. The zero-order valence-corrected chi connectivity index (χ0v) is 13.9. The molecule has 136 valence electrons. The van der Waals surface area contributed by atoms with E-state index < -0.39 is 17.6 Å². The van der Waals surface area contributed by atoms with E-state index in [1.165, 1.54) is 30.3 Å². The van der Waals surface area contributed by atoms with Gasteiger partial charge in [-0.2, -0.15) is 0 Å². The van der Waals surface area contributed by atoms with Gasteiger partial charge in [0.25, 0.3) is 0 Å². The second kappa shape index (κ2) is 7.51. The van der Waals surface area contributed by atoms with E-state index in [1.807, 2.05) is 0 Å². The first-order chi connectivity index (χ1) is 12.4. The third kappa shape index (κ3) is 3.99. The number of carbonyl (C=O) groups excluding carboxylic acids is 1. The average molecular weight is 360 g/mol. The zero-order chi connectivity index (χ0) is 18.7. The van der Waals surface area contributed by atoms with E-state index in [2.05, 4.69) is 5.32 Å². The van der Waals surface area contributed by atoms with Crippen molar-refractivity contribution in [2.24, 2.45) is 0 Å². The minimum atomic E-state index is -1.05. The van der Waals surface area contributed by atoms with Gasteiger partial charge in [0, 0.05) is 19.1 Å². The minimum absolute atomic E-state index is 0.0473. The van der Waals surface area contributed by atoms with Gasteiger partial charge in [0.1, 0.15) is 17.3 Å². The highest BCUT2D eigenvalue weighted by Crippen LogP contribution is 2.26. The van der Waals surface area contributed by atoms with Crippen molar-refractivity contribution >= 4 is 17.6 Å². The van der Waals surface area contributed by atoms with Crippen LogP contribution in [0.1, 0.15) is 22.3 Å². The number of halogens is 2. The van der Waals surface area contributed by atoms with Crippen molar-refractivity contribution in [3.63, 3.8) is 0 Å². The molecular formula is C19H18F2N2O3. The van der Waals surface area contributed by atoms with E-state index in [-0.39, 0.29) is 29.6 Å². The lowest BCUT2D eigenvalue weighted by Gasteiger charge is -2.20. The van der Waals surface area contributed by atoms with Gasteiger partial charge in [0.15, 0.2) is 0 Å². The van der Waals surface area contributed by atoms with Gasteiger partial charge in [0.05, 0.1) is 12.0 Å². The highest BCUT2D eigenvalue weighted by molar-refractivity contribution is 5.88. The van der Waals surface area contributed by atoms with Crippen molar-refractivity contribution < 1.29 is 23.5 Å². The SMILES string of the molecule is O=C(Cc1cccc(C(=O)O)c1)NC1CCN(c2c(F)cccc2F)C1. The Labute approximate surface area is 149 Å². The number of amides is 1. The predicted octanol–water partition coefficient (Wildman–Crippen LogP) is 2.60. The molecule has 1 fully saturated rings. The molecule has 1 aliphatic heterocycles. The molecule has 1 heterocycles. The van der Waals surface area contributed by atoms with E-state index in [4.69, 9.17) is 5.11 Å². The molecule has 1 saturated heterocycles. The molecule has 1 unspecified atom stereocenters. The van der Waals surface area contributed by atoms with E-state index in [0.29, 0.717) is 25.1 Å². The van der Waals surface area contributed by atoms with Crippen LogP contribution in [-0.4, -0.2) is 36.1 Å². The molecule has 3 rings (SSSR count). The summed E-state index contributed by atoms with van der Waals surface area (Å²) in [5.41, 5.74) is 0.646. The monoisotopic (exact) mass is 360 g/mol. The molecule has 7 heteroatoms. The van der Waals surface area contributed by atoms with Crippen LogP contribution in [0, 0.1) is 11.6 Å². The molecule has 0 saturated carbocycles. The zero-order valence-electron chi connectivity index (χ0n) is 13.9. The first-order valence-corrected chi connectivity index (χ1v) is 8.24. The molecule has 2 N–H and O–H groups in total. The van der Waals surface area contributed by atoms with Gasteiger partial charge in [-0.1, -0.05) is 18.2 Å². The number of carboxylic acids is 1. The summed E-state index contributed by atoms with van der Waals surface area (Å²) in [6.45, 7) is 0.760. The van der Waals surface area contributed by atoms with Gasteiger partial charge in [-0.15, -0.1) is 0 Å². The van der Waals surface area contributed by atoms with Crippen molar-refractivity contribution in [3.05, 3.63) is 65.2 Å². The molecule has 26 heavy (non-hydrogen) atoms. The topological polar surface area (TPSA) is 69.6 Å². The fourth-order valence-corrected chi connectivity index (χ4v) is 3.15. The van der Waals surface area contributed by atoms with Crippen molar-refractivity contribution in [2.75, 3.05) is 18.0 Å². The molecule has 0 aromatic heterocycles. The summed E-state index contributed by atoms with van der Waals surface area (Å²) in [6, 6.07) is 9.70. The highest BCUT2D eigenvalue weighted by Gasteiger charge is 2.27. The summed E-state index contributed by atoms with van der Waals surface area (Å²) in [5, 5.41) is 11.8. The number of aromatic carboxylic acids is 1. The summed E-state index contributed by atoms with van der Waals surface area (Å²) in [6.07, 6.45) is 0.625. The molecule has 2 aromatic carbocycles. The molecule has 0 bridgehead atoms. The summed E-state index contributed by atoms with van der Waals surface area (Å²) in [4.78, 5) is 24.8. The summed E-state index contributed by atoms with van der Waals surface area (Å²) < 4.78 is 27.7. The van der Waals surface area contributed by atoms with Crippen LogP contribution >= 0.6 is 0 Å². The molecular weight excluding hydrogens is 342 g/mol. The molecule has 0 radical (unpaired) electrons. The van der Waals surface area contributed by atoms with Crippen molar-refractivity contribution in [3.8, 4) is 0 Å². The Morgan fingerprint density at radius 3 is 2.54 bits per heavy atom. The standard InChI is InChI=1S/C19H18F2N2O3/c20-15-5-2-6-16(21)18(15)23-8-7-14(11-23)22-17(24)10-12-3-1-4-13(9-12)19(25)26/h1-6,9,14H,7-8,10-11H2,(H,22,24)(H,25,26). The smallest absolute Gasteiger partial charge is 0.335 e. The predicted molar refractivity (Wildman–Crippen MR) is 92.2 cm³/mol. The van der Waals surface area contributed by atoms with Crippen LogP contribution in [0.4, 0.5) is 14.5 Å². The summed E-state index contributed by atoms with van der Waals surface area (Å²) in [5.74, 6) is -2.55. The van der Waals surface area contributed by atoms with Gasteiger partial charge >= 0.3 is 5.97 Å². The Morgan fingerprint density at radius 2 is 1.85 bits per heavy atom. The van der Waals surface area contributed by atoms with Gasteiger partial charge < -0.3 is 15.3 Å². The molecule has 1 aliphatic rings. The lowest BCUT2D eigenvalue weighted by atomic mass is 10.1.